The number of thiazole rings is 1. The molecule has 1 aliphatic carbocycles. The molecule has 0 bridgehead atoms. The van der Waals surface area contributed by atoms with Crippen molar-refractivity contribution in [1.82, 2.24) is 4.98 Å². The molecule has 1 unspecified atom stereocenters. The van der Waals surface area contributed by atoms with Crippen LogP contribution in [0.15, 0.2) is 17.0 Å². The molecule has 0 aliphatic heterocycles. The Bertz CT molecular complexity index is 292. The maximum Gasteiger partial charge on any atom is 0.0798 e. The summed E-state index contributed by atoms with van der Waals surface area (Å²) in [5, 5.41) is 2.31. The van der Waals surface area contributed by atoms with Gasteiger partial charge in [0.05, 0.1) is 16.6 Å². The Hall–Kier alpha value is -0.340. The average Bonchev–Trinajstić information content (AvgIpc) is 2.56. The van der Waals surface area contributed by atoms with Crippen LogP contribution in [0.3, 0.4) is 0 Å². The summed E-state index contributed by atoms with van der Waals surface area (Å²) in [5.74, 6) is 0. The predicted molar refractivity (Wildman–Crippen MR) is 58.2 cm³/mol. The molecular formula is C10H12ClNS. The molecular weight excluding hydrogens is 202 g/mol. The number of hydrogen-bond acceptors (Lipinski definition) is 2. The zero-order chi connectivity index (χ0) is 9.10. The quantitative estimate of drug-likeness (QED) is 0.649. The van der Waals surface area contributed by atoms with Gasteiger partial charge in [0.2, 0.25) is 0 Å². The van der Waals surface area contributed by atoms with Crippen molar-refractivity contribution in [1.29, 1.82) is 0 Å². The van der Waals surface area contributed by atoms with Crippen molar-refractivity contribution in [2.45, 2.75) is 31.1 Å². The zero-order valence-electron chi connectivity index (χ0n) is 7.37. The van der Waals surface area contributed by atoms with Crippen molar-refractivity contribution in [3.63, 3.8) is 0 Å². The molecule has 0 aromatic carbocycles. The molecule has 2 rings (SSSR count). The van der Waals surface area contributed by atoms with Crippen molar-refractivity contribution in [3.05, 3.63) is 22.7 Å². The number of rotatable bonds is 1. The second-order valence-electron chi connectivity index (χ2n) is 3.33. The summed E-state index contributed by atoms with van der Waals surface area (Å²) in [4.78, 5) is 4.31. The Balaban J connectivity index is 2.21. The fraction of sp³-hybridized carbons (Fsp3) is 0.500. The summed E-state index contributed by atoms with van der Waals surface area (Å²) in [6, 6.07) is 0. The minimum absolute atomic E-state index is 0.208. The molecule has 0 saturated carbocycles. The number of halogens is 1. The maximum absolute atomic E-state index is 6.13. The van der Waals surface area contributed by atoms with E-state index in [9.17, 15) is 0 Å². The topological polar surface area (TPSA) is 12.9 Å². The highest BCUT2D eigenvalue weighted by Crippen LogP contribution is 2.27. The van der Waals surface area contributed by atoms with Crippen molar-refractivity contribution in [3.8, 4) is 0 Å². The minimum atomic E-state index is 0.208. The Morgan fingerprint density at radius 2 is 2.38 bits per heavy atom. The third kappa shape index (κ3) is 2.32. The lowest BCUT2D eigenvalue weighted by molar-refractivity contribution is 0.723. The number of hydrogen-bond donors (Lipinski definition) is 0. The van der Waals surface area contributed by atoms with Gasteiger partial charge in [0.15, 0.2) is 0 Å². The molecule has 1 atom stereocenters. The molecule has 3 heteroatoms. The smallest absolute Gasteiger partial charge is 0.0798 e. The monoisotopic (exact) mass is 213 g/mol. The van der Waals surface area contributed by atoms with Crippen molar-refractivity contribution < 1.29 is 0 Å². The zero-order valence-corrected chi connectivity index (χ0v) is 8.94. The second-order valence-corrected chi connectivity index (χ2v) is 4.61. The van der Waals surface area contributed by atoms with Gasteiger partial charge in [-0.1, -0.05) is 12.5 Å². The molecule has 1 nitrogen and oxygen atoms in total. The van der Waals surface area contributed by atoms with E-state index < -0.39 is 0 Å². The molecule has 1 aromatic heterocycles. The first-order chi connectivity index (χ1) is 6.36. The number of alkyl halides is 1. The Kier molecular flexibility index (Phi) is 3.01. The normalized spacial score (nSPS) is 23.8. The van der Waals surface area contributed by atoms with Crippen LogP contribution in [0.2, 0.25) is 0 Å². The van der Waals surface area contributed by atoms with E-state index in [0.717, 1.165) is 18.5 Å². The first kappa shape index (κ1) is 9.22. The lowest BCUT2D eigenvalue weighted by atomic mass is 10.1. The predicted octanol–water partition coefficient (Wildman–Crippen LogP) is 3.71. The summed E-state index contributed by atoms with van der Waals surface area (Å²) in [5.41, 5.74) is 4.33. The van der Waals surface area contributed by atoms with Gasteiger partial charge in [-0.05, 0) is 24.8 Å². The molecule has 0 N–H and O–H groups in total. The van der Waals surface area contributed by atoms with Crippen LogP contribution in [0, 0.1) is 0 Å². The lowest BCUT2D eigenvalue weighted by Crippen LogP contribution is -1.91. The van der Waals surface area contributed by atoms with Gasteiger partial charge in [-0.25, -0.2) is 4.98 Å². The van der Waals surface area contributed by atoms with Crippen LogP contribution in [0.1, 0.15) is 31.4 Å². The van der Waals surface area contributed by atoms with Crippen LogP contribution in [0.4, 0.5) is 0 Å². The Morgan fingerprint density at radius 3 is 3.15 bits per heavy atom. The van der Waals surface area contributed by atoms with Crippen molar-refractivity contribution >= 4 is 28.5 Å². The molecule has 1 aliphatic rings. The highest BCUT2D eigenvalue weighted by Gasteiger charge is 2.11. The van der Waals surface area contributed by atoms with Crippen LogP contribution >= 0.6 is 22.9 Å². The summed E-state index contributed by atoms with van der Waals surface area (Å²) >= 11 is 7.78. The van der Waals surface area contributed by atoms with Crippen LogP contribution in [0.5, 0.6) is 0 Å². The largest absolute Gasteiger partial charge is 0.245 e. The first-order valence-electron chi connectivity index (χ1n) is 4.59. The third-order valence-electron chi connectivity index (χ3n) is 2.32. The van der Waals surface area contributed by atoms with Crippen molar-refractivity contribution in [2.24, 2.45) is 0 Å². The average molecular weight is 214 g/mol. The lowest BCUT2D eigenvalue weighted by Gasteiger charge is -2.01. The Morgan fingerprint density at radius 1 is 1.46 bits per heavy atom. The third-order valence-corrected chi connectivity index (χ3v) is 3.25. The van der Waals surface area contributed by atoms with Gasteiger partial charge in [0.25, 0.3) is 0 Å². The van der Waals surface area contributed by atoms with Gasteiger partial charge >= 0.3 is 0 Å². The van der Waals surface area contributed by atoms with E-state index in [1.54, 1.807) is 11.3 Å². The van der Waals surface area contributed by atoms with Crippen LogP contribution in [-0.4, -0.2) is 10.4 Å². The van der Waals surface area contributed by atoms with Crippen LogP contribution in [-0.2, 0) is 0 Å². The molecule has 13 heavy (non-hydrogen) atoms. The standard InChI is InChI=1S/C10H12ClNS/c11-9-4-2-1-3-8(5-9)10-6-13-7-12-10/h5-7,9H,1-4H2. The highest BCUT2D eigenvalue weighted by molar-refractivity contribution is 7.07. The number of nitrogens with zero attached hydrogens (tertiary/aromatic N) is 1. The number of allylic oxidation sites excluding steroid dienone is 2. The van der Waals surface area contributed by atoms with E-state index in [1.807, 2.05) is 5.51 Å². The van der Waals surface area contributed by atoms with E-state index in [0.29, 0.717) is 0 Å². The molecule has 1 heterocycles. The molecule has 0 spiro atoms. The van der Waals surface area contributed by atoms with E-state index >= 15 is 0 Å². The Labute approximate surface area is 87.5 Å². The molecule has 1 aromatic rings. The minimum Gasteiger partial charge on any atom is -0.245 e. The van der Waals surface area contributed by atoms with Gasteiger partial charge in [-0.15, -0.1) is 22.9 Å². The summed E-state index contributed by atoms with van der Waals surface area (Å²) in [6.45, 7) is 0. The maximum atomic E-state index is 6.13. The SMILES string of the molecule is ClC1C=C(c2cscn2)CCCC1. The fourth-order valence-corrected chi connectivity index (χ4v) is 2.51. The van der Waals surface area contributed by atoms with Crippen molar-refractivity contribution in [2.75, 3.05) is 0 Å². The van der Waals surface area contributed by atoms with Gasteiger partial charge in [0, 0.05) is 5.38 Å². The highest BCUT2D eigenvalue weighted by atomic mass is 35.5. The van der Waals surface area contributed by atoms with Gasteiger partial charge in [-0.3, -0.25) is 0 Å². The summed E-state index contributed by atoms with van der Waals surface area (Å²) < 4.78 is 0. The van der Waals surface area contributed by atoms with Gasteiger partial charge in [-0.2, -0.15) is 0 Å². The molecule has 0 amide bonds. The molecule has 70 valence electrons. The molecule has 0 saturated heterocycles. The number of aromatic nitrogens is 1. The van der Waals surface area contributed by atoms with Gasteiger partial charge < -0.3 is 0 Å². The van der Waals surface area contributed by atoms with Gasteiger partial charge in [0.1, 0.15) is 0 Å². The van der Waals surface area contributed by atoms with E-state index in [4.69, 9.17) is 11.6 Å². The summed E-state index contributed by atoms with van der Waals surface area (Å²) in [7, 11) is 0. The molecule has 0 radical (unpaired) electrons. The van der Waals surface area contributed by atoms with E-state index in [-0.39, 0.29) is 5.38 Å². The molecule has 0 fully saturated rings. The van der Waals surface area contributed by atoms with Crippen LogP contribution < -0.4 is 0 Å². The van der Waals surface area contributed by atoms with E-state index in [1.165, 1.54) is 18.4 Å². The van der Waals surface area contributed by atoms with Crippen LogP contribution in [0.25, 0.3) is 5.57 Å². The second kappa shape index (κ2) is 4.25. The first-order valence-corrected chi connectivity index (χ1v) is 5.97. The van der Waals surface area contributed by atoms with E-state index in [2.05, 4.69) is 16.4 Å². The fourth-order valence-electron chi connectivity index (χ4n) is 1.62. The summed E-state index contributed by atoms with van der Waals surface area (Å²) in [6.07, 6.45) is 6.89.